The number of nitrogens with zero attached hydrogens (tertiary/aromatic N) is 4. The average molecular weight is 553 g/mol. The number of ether oxygens (including phenoxy) is 1. The standard InChI is InChI=1S/C33H36N4O4/c1-21-17-27-10-11-28(21)32(38)36-15-13-23-7-8-24(18-26(23)20-36)31(22(2)33(39)40)25-9-12-30-29(19-25)34-35-37(30)14-5-3-4-6-16-41-27/h7-12,17-19,22,31H,3-6,13-16,20H2,1-2H3,(H,39,40)/t22-,31-/m0/s1. The summed E-state index contributed by atoms with van der Waals surface area (Å²) in [5, 5.41) is 18.9. The highest BCUT2D eigenvalue weighted by molar-refractivity contribution is 5.96. The molecule has 2 atom stereocenters. The predicted molar refractivity (Wildman–Crippen MR) is 156 cm³/mol. The number of carbonyl (C=O) groups excluding carboxylic acids is 1. The molecule has 3 aromatic carbocycles. The van der Waals surface area contributed by atoms with Crippen molar-refractivity contribution < 1.29 is 19.4 Å². The van der Waals surface area contributed by atoms with Gasteiger partial charge in [-0.1, -0.05) is 42.8 Å². The van der Waals surface area contributed by atoms with Crippen LogP contribution in [0.5, 0.6) is 5.75 Å². The smallest absolute Gasteiger partial charge is 0.307 e. The van der Waals surface area contributed by atoms with Crippen LogP contribution in [0.4, 0.5) is 0 Å². The SMILES string of the molecule is Cc1cc2ccc1C(=O)N1CCc3ccc(cc3C1)[C@H]([C@H](C)C(=O)O)c1ccc3c(c1)nnn3CCCCCCO2. The maximum absolute atomic E-state index is 13.6. The van der Waals surface area contributed by atoms with Gasteiger partial charge < -0.3 is 14.7 Å². The maximum atomic E-state index is 13.6. The molecule has 9 rings (SSSR count). The number of aryl methyl sites for hydroxylation is 2. The first-order valence-corrected chi connectivity index (χ1v) is 14.6. The van der Waals surface area contributed by atoms with Crippen molar-refractivity contribution in [1.29, 1.82) is 0 Å². The fourth-order valence-electron chi connectivity index (χ4n) is 6.25. The molecule has 8 heteroatoms. The van der Waals surface area contributed by atoms with Gasteiger partial charge in [-0.3, -0.25) is 9.59 Å². The van der Waals surface area contributed by atoms with Crippen LogP contribution in [0, 0.1) is 12.8 Å². The fourth-order valence-corrected chi connectivity index (χ4v) is 6.25. The molecule has 0 saturated heterocycles. The molecule has 4 aromatic rings. The lowest BCUT2D eigenvalue weighted by molar-refractivity contribution is -0.141. The van der Waals surface area contributed by atoms with Crippen LogP contribution in [-0.4, -0.2) is 50.0 Å². The molecule has 0 saturated carbocycles. The molecule has 5 aliphatic heterocycles. The van der Waals surface area contributed by atoms with Crippen molar-refractivity contribution in [3.63, 3.8) is 0 Å². The van der Waals surface area contributed by atoms with Gasteiger partial charge in [0.15, 0.2) is 0 Å². The number of rotatable bonds is 2. The van der Waals surface area contributed by atoms with E-state index in [4.69, 9.17) is 4.74 Å². The van der Waals surface area contributed by atoms with Gasteiger partial charge in [0.2, 0.25) is 0 Å². The van der Waals surface area contributed by atoms with Gasteiger partial charge in [-0.25, -0.2) is 4.68 Å². The number of aromatic nitrogens is 3. The quantitative estimate of drug-likeness (QED) is 0.340. The van der Waals surface area contributed by atoms with E-state index in [0.29, 0.717) is 25.3 Å². The van der Waals surface area contributed by atoms with Gasteiger partial charge in [-0.2, -0.15) is 0 Å². The first-order chi connectivity index (χ1) is 19.9. The zero-order valence-corrected chi connectivity index (χ0v) is 23.7. The largest absolute Gasteiger partial charge is 0.494 e. The fraction of sp³-hybridized carbons (Fsp3) is 0.394. The summed E-state index contributed by atoms with van der Waals surface area (Å²) >= 11 is 0. The molecule has 0 unspecified atom stereocenters. The monoisotopic (exact) mass is 552 g/mol. The molecular weight excluding hydrogens is 516 g/mol. The number of carboxylic acid groups (broad SMARTS) is 1. The lowest BCUT2D eigenvalue weighted by atomic mass is 9.80. The van der Waals surface area contributed by atoms with Crippen LogP contribution in [-0.2, 0) is 24.3 Å². The molecule has 0 radical (unpaired) electrons. The van der Waals surface area contributed by atoms with Crippen molar-refractivity contribution in [2.75, 3.05) is 13.2 Å². The molecule has 0 aliphatic carbocycles. The number of carboxylic acids is 1. The highest BCUT2D eigenvalue weighted by Gasteiger charge is 2.30. The second-order valence-electron chi connectivity index (χ2n) is 11.4. The van der Waals surface area contributed by atoms with E-state index in [1.165, 1.54) is 5.56 Å². The van der Waals surface area contributed by atoms with Crippen LogP contribution in [0.2, 0.25) is 0 Å². The lowest BCUT2D eigenvalue weighted by Gasteiger charge is -2.31. The van der Waals surface area contributed by atoms with Crippen molar-refractivity contribution >= 4 is 22.9 Å². The Morgan fingerprint density at radius 3 is 2.61 bits per heavy atom. The van der Waals surface area contributed by atoms with Crippen LogP contribution < -0.4 is 4.74 Å². The molecule has 0 spiro atoms. The molecule has 1 amide bonds. The zero-order valence-electron chi connectivity index (χ0n) is 23.7. The van der Waals surface area contributed by atoms with Crippen LogP contribution in [0.15, 0.2) is 54.6 Å². The number of hydrogen-bond donors (Lipinski definition) is 1. The minimum atomic E-state index is -0.853. The summed E-state index contributed by atoms with van der Waals surface area (Å²) in [6.07, 6.45) is 4.81. The summed E-state index contributed by atoms with van der Waals surface area (Å²) in [5.74, 6) is -1.08. The normalized spacial score (nSPS) is 18.6. The number of carbonyl (C=O) groups is 2. The van der Waals surface area contributed by atoms with Crippen molar-refractivity contribution in [2.24, 2.45) is 5.92 Å². The molecule has 9 bridgehead atoms. The molecular formula is C33H36N4O4. The van der Waals surface area contributed by atoms with Crippen molar-refractivity contribution in [3.05, 3.63) is 88.0 Å². The van der Waals surface area contributed by atoms with E-state index in [-0.39, 0.29) is 11.8 Å². The summed E-state index contributed by atoms with van der Waals surface area (Å²) in [6, 6.07) is 18.0. The zero-order chi connectivity index (χ0) is 28.5. The van der Waals surface area contributed by atoms with Gasteiger partial charge >= 0.3 is 5.97 Å². The Kier molecular flexibility index (Phi) is 7.47. The topological polar surface area (TPSA) is 97.5 Å². The Hall–Kier alpha value is -4.20. The molecule has 41 heavy (non-hydrogen) atoms. The minimum Gasteiger partial charge on any atom is -0.494 e. The Labute approximate surface area is 239 Å². The third-order valence-corrected chi connectivity index (χ3v) is 8.64. The van der Waals surface area contributed by atoms with Gasteiger partial charge in [0, 0.05) is 31.1 Å². The van der Waals surface area contributed by atoms with Crippen LogP contribution in [0.25, 0.3) is 11.0 Å². The summed E-state index contributed by atoms with van der Waals surface area (Å²) in [5.41, 5.74) is 7.41. The van der Waals surface area contributed by atoms with E-state index in [2.05, 4.69) is 22.4 Å². The van der Waals surface area contributed by atoms with E-state index < -0.39 is 11.9 Å². The van der Waals surface area contributed by atoms with Gasteiger partial charge in [0.1, 0.15) is 11.3 Å². The summed E-state index contributed by atoms with van der Waals surface area (Å²) in [6.45, 7) is 6.27. The number of benzene rings is 3. The van der Waals surface area contributed by atoms with Crippen molar-refractivity contribution in [1.82, 2.24) is 19.9 Å². The van der Waals surface area contributed by atoms with Crippen LogP contribution >= 0.6 is 0 Å². The summed E-state index contributed by atoms with van der Waals surface area (Å²) in [4.78, 5) is 27.8. The molecule has 8 nitrogen and oxygen atoms in total. The van der Waals surface area contributed by atoms with E-state index in [1.807, 2.05) is 59.0 Å². The van der Waals surface area contributed by atoms with Crippen molar-refractivity contribution in [3.8, 4) is 5.75 Å². The lowest BCUT2D eigenvalue weighted by Crippen LogP contribution is -2.36. The Morgan fingerprint density at radius 2 is 1.78 bits per heavy atom. The van der Waals surface area contributed by atoms with Crippen LogP contribution in [0.1, 0.15) is 76.7 Å². The van der Waals surface area contributed by atoms with E-state index in [0.717, 1.165) is 77.7 Å². The van der Waals surface area contributed by atoms with Gasteiger partial charge in [-0.15, -0.1) is 5.10 Å². The molecule has 1 N–H and O–H groups in total. The van der Waals surface area contributed by atoms with E-state index in [1.54, 1.807) is 6.92 Å². The van der Waals surface area contributed by atoms with Gasteiger partial charge in [-0.05, 0) is 90.8 Å². The van der Waals surface area contributed by atoms with E-state index >= 15 is 0 Å². The third kappa shape index (κ3) is 5.43. The minimum absolute atomic E-state index is 0.00693. The molecule has 212 valence electrons. The molecule has 0 fully saturated rings. The highest BCUT2D eigenvalue weighted by atomic mass is 16.5. The van der Waals surface area contributed by atoms with Gasteiger partial charge in [0.25, 0.3) is 5.91 Å². The summed E-state index contributed by atoms with van der Waals surface area (Å²) < 4.78 is 7.93. The first-order valence-electron chi connectivity index (χ1n) is 14.6. The number of hydrogen-bond acceptors (Lipinski definition) is 5. The van der Waals surface area contributed by atoms with E-state index in [9.17, 15) is 14.7 Å². The number of aliphatic carboxylic acids is 1. The first kappa shape index (κ1) is 27.0. The molecule has 5 aliphatic rings. The second kappa shape index (κ2) is 11.4. The second-order valence-corrected chi connectivity index (χ2v) is 11.4. The van der Waals surface area contributed by atoms with Crippen molar-refractivity contribution in [2.45, 2.75) is 65.0 Å². The molecule has 1 aromatic heterocycles. The summed E-state index contributed by atoms with van der Waals surface area (Å²) in [7, 11) is 0. The molecule has 6 heterocycles. The van der Waals surface area contributed by atoms with Crippen LogP contribution in [0.3, 0.4) is 0 Å². The average Bonchev–Trinajstić information content (AvgIpc) is 3.37. The maximum Gasteiger partial charge on any atom is 0.307 e. The highest BCUT2D eigenvalue weighted by Crippen LogP contribution is 2.36. The Morgan fingerprint density at radius 1 is 0.976 bits per heavy atom. The predicted octanol–water partition coefficient (Wildman–Crippen LogP) is 5.74. The third-order valence-electron chi connectivity index (χ3n) is 8.64. The Bertz CT molecular complexity index is 1610. The van der Waals surface area contributed by atoms with Gasteiger partial charge in [0.05, 0.1) is 18.0 Å². The number of amides is 1. The Balaban J connectivity index is 1.40.